The molecular weight excluding hydrogens is 168 g/mol. The SMILES string of the molecule is CC(C)C(C)n1ccnc1C(=O)O. The highest BCUT2D eigenvalue weighted by Gasteiger charge is 2.17. The van der Waals surface area contributed by atoms with Gasteiger partial charge in [0.25, 0.3) is 0 Å². The molecule has 0 aliphatic rings. The number of hydrogen-bond acceptors (Lipinski definition) is 2. The first-order chi connectivity index (χ1) is 6.04. The first kappa shape index (κ1) is 9.77. The molecule has 0 amide bonds. The van der Waals surface area contributed by atoms with E-state index in [2.05, 4.69) is 18.8 Å². The topological polar surface area (TPSA) is 55.1 Å². The van der Waals surface area contributed by atoms with Crippen molar-refractivity contribution in [3.8, 4) is 0 Å². The zero-order valence-electron chi connectivity index (χ0n) is 8.06. The summed E-state index contributed by atoms with van der Waals surface area (Å²) in [6, 6.07) is 0.161. The van der Waals surface area contributed by atoms with E-state index in [0.29, 0.717) is 5.92 Å². The number of carbonyl (C=O) groups is 1. The fourth-order valence-electron chi connectivity index (χ4n) is 1.13. The lowest BCUT2D eigenvalue weighted by molar-refractivity contribution is 0.0674. The summed E-state index contributed by atoms with van der Waals surface area (Å²) in [6.07, 6.45) is 3.22. The van der Waals surface area contributed by atoms with Gasteiger partial charge in [0.2, 0.25) is 5.82 Å². The van der Waals surface area contributed by atoms with E-state index in [9.17, 15) is 4.79 Å². The van der Waals surface area contributed by atoms with Crippen LogP contribution in [0.5, 0.6) is 0 Å². The minimum Gasteiger partial charge on any atom is -0.475 e. The highest BCUT2D eigenvalue weighted by Crippen LogP contribution is 2.17. The van der Waals surface area contributed by atoms with Gasteiger partial charge in [-0.05, 0) is 12.8 Å². The normalized spacial score (nSPS) is 13.2. The third-order valence-corrected chi connectivity index (χ3v) is 2.26. The van der Waals surface area contributed by atoms with Gasteiger partial charge < -0.3 is 9.67 Å². The molecule has 1 heterocycles. The Hall–Kier alpha value is -1.32. The Kier molecular flexibility index (Phi) is 2.70. The van der Waals surface area contributed by atoms with Gasteiger partial charge in [0.1, 0.15) is 0 Å². The average Bonchev–Trinajstić information content (AvgIpc) is 2.50. The van der Waals surface area contributed by atoms with E-state index in [1.807, 2.05) is 6.92 Å². The van der Waals surface area contributed by atoms with Gasteiger partial charge in [-0.1, -0.05) is 13.8 Å². The zero-order valence-corrected chi connectivity index (χ0v) is 8.06. The Balaban J connectivity index is 3.00. The molecule has 0 bridgehead atoms. The lowest BCUT2D eigenvalue weighted by Gasteiger charge is -2.18. The van der Waals surface area contributed by atoms with E-state index in [1.165, 1.54) is 6.20 Å². The Morgan fingerprint density at radius 3 is 2.62 bits per heavy atom. The van der Waals surface area contributed by atoms with Crippen LogP contribution < -0.4 is 0 Å². The summed E-state index contributed by atoms with van der Waals surface area (Å²) in [5.41, 5.74) is 0. The molecule has 0 aliphatic heterocycles. The number of nitrogens with zero attached hydrogens (tertiary/aromatic N) is 2. The minimum absolute atomic E-state index is 0.112. The van der Waals surface area contributed by atoms with Crippen LogP contribution in [0, 0.1) is 5.92 Å². The summed E-state index contributed by atoms with van der Waals surface area (Å²) in [6.45, 7) is 6.09. The Labute approximate surface area is 77.2 Å². The van der Waals surface area contributed by atoms with Crippen LogP contribution in [0.1, 0.15) is 37.4 Å². The Morgan fingerprint density at radius 2 is 2.15 bits per heavy atom. The van der Waals surface area contributed by atoms with E-state index in [1.54, 1.807) is 10.8 Å². The smallest absolute Gasteiger partial charge is 0.372 e. The standard InChI is InChI=1S/C9H14N2O2/c1-6(2)7(3)11-5-4-10-8(11)9(12)13/h4-7H,1-3H3,(H,12,13). The van der Waals surface area contributed by atoms with E-state index in [-0.39, 0.29) is 11.9 Å². The van der Waals surface area contributed by atoms with Crippen LogP contribution in [-0.2, 0) is 0 Å². The van der Waals surface area contributed by atoms with E-state index >= 15 is 0 Å². The van der Waals surface area contributed by atoms with Crippen molar-refractivity contribution in [2.45, 2.75) is 26.8 Å². The second-order valence-electron chi connectivity index (χ2n) is 3.45. The number of imidazole rings is 1. The fraction of sp³-hybridized carbons (Fsp3) is 0.556. The van der Waals surface area contributed by atoms with Gasteiger partial charge in [-0.15, -0.1) is 0 Å². The average molecular weight is 182 g/mol. The van der Waals surface area contributed by atoms with E-state index in [0.717, 1.165) is 0 Å². The van der Waals surface area contributed by atoms with Crippen molar-refractivity contribution in [3.05, 3.63) is 18.2 Å². The summed E-state index contributed by atoms with van der Waals surface area (Å²) >= 11 is 0. The molecule has 0 spiro atoms. The molecule has 1 aromatic rings. The second-order valence-corrected chi connectivity index (χ2v) is 3.45. The molecule has 0 aromatic carbocycles. The fourth-order valence-corrected chi connectivity index (χ4v) is 1.13. The van der Waals surface area contributed by atoms with Crippen LogP contribution in [0.25, 0.3) is 0 Å². The third kappa shape index (κ3) is 1.88. The number of aromatic carboxylic acids is 1. The molecule has 1 rings (SSSR count). The third-order valence-electron chi connectivity index (χ3n) is 2.26. The van der Waals surface area contributed by atoms with Crippen LogP contribution in [0.3, 0.4) is 0 Å². The lowest BCUT2D eigenvalue weighted by atomic mass is 10.1. The van der Waals surface area contributed by atoms with E-state index in [4.69, 9.17) is 5.11 Å². The van der Waals surface area contributed by atoms with Gasteiger partial charge in [0.15, 0.2) is 0 Å². The van der Waals surface area contributed by atoms with Crippen molar-refractivity contribution in [2.75, 3.05) is 0 Å². The molecule has 0 aliphatic carbocycles. The van der Waals surface area contributed by atoms with Gasteiger partial charge in [0, 0.05) is 18.4 Å². The van der Waals surface area contributed by atoms with Crippen LogP contribution in [0.2, 0.25) is 0 Å². The number of hydrogen-bond donors (Lipinski definition) is 1. The molecule has 4 nitrogen and oxygen atoms in total. The Bertz CT molecular complexity index is 304. The quantitative estimate of drug-likeness (QED) is 0.775. The maximum Gasteiger partial charge on any atom is 0.372 e. The van der Waals surface area contributed by atoms with Crippen molar-refractivity contribution in [3.63, 3.8) is 0 Å². The highest BCUT2D eigenvalue weighted by atomic mass is 16.4. The van der Waals surface area contributed by atoms with Crippen molar-refractivity contribution < 1.29 is 9.90 Å². The Morgan fingerprint density at radius 1 is 1.54 bits per heavy atom. The largest absolute Gasteiger partial charge is 0.475 e. The van der Waals surface area contributed by atoms with E-state index < -0.39 is 5.97 Å². The van der Waals surface area contributed by atoms with Gasteiger partial charge in [-0.3, -0.25) is 0 Å². The van der Waals surface area contributed by atoms with Crippen LogP contribution >= 0.6 is 0 Å². The predicted molar refractivity (Wildman–Crippen MR) is 48.7 cm³/mol. The maximum atomic E-state index is 10.7. The maximum absolute atomic E-state index is 10.7. The molecule has 13 heavy (non-hydrogen) atoms. The second kappa shape index (κ2) is 3.60. The molecule has 72 valence electrons. The molecule has 4 heteroatoms. The number of aromatic nitrogens is 2. The van der Waals surface area contributed by atoms with Crippen molar-refractivity contribution in [2.24, 2.45) is 5.92 Å². The summed E-state index contributed by atoms with van der Waals surface area (Å²) in [5.74, 6) is -0.467. The lowest BCUT2D eigenvalue weighted by Crippen LogP contribution is -2.16. The molecule has 0 saturated heterocycles. The van der Waals surface area contributed by atoms with Gasteiger partial charge >= 0.3 is 5.97 Å². The summed E-state index contributed by atoms with van der Waals surface area (Å²) in [4.78, 5) is 14.5. The van der Waals surface area contributed by atoms with Gasteiger partial charge in [-0.2, -0.15) is 0 Å². The molecule has 0 fully saturated rings. The van der Waals surface area contributed by atoms with Crippen LogP contribution in [-0.4, -0.2) is 20.6 Å². The molecular formula is C9H14N2O2. The van der Waals surface area contributed by atoms with Crippen LogP contribution in [0.4, 0.5) is 0 Å². The summed E-state index contributed by atoms with van der Waals surface area (Å²) < 4.78 is 1.69. The van der Waals surface area contributed by atoms with Gasteiger partial charge in [0.05, 0.1) is 0 Å². The number of carboxylic acid groups (broad SMARTS) is 1. The summed E-state index contributed by atoms with van der Waals surface area (Å²) in [5, 5.41) is 8.80. The minimum atomic E-state index is -0.975. The van der Waals surface area contributed by atoms with Crippen LogP contribution in [0.15, 0.2) is 12.4 Å². The first-order valence-electron chi connectivity index (χ1n) is 4.30. The molecule has 1 aromatic heterocycles. The molecule has 1 N–H and O–H groups in total. The number of carboxylic acids is 1. The van der Waals surface area contributed by atoms with Crippen molar-refractivity contribution in [1.29, 1.82) is 0 Å². The van der Waals surface area contributed by atoms with Crippen molar-refractivity contribution >= 4 is 5.97 Å². The summed E-state index contributed by atoms with van der Waals surface area (Å²) in [7, 11) is 0. The monoisotopic (exact) mass is 182 g/mol. The first-order valence-corrected chi connectivity index (χ1v) is 4.30. The highest BCUT2D eigenvalue weighted by molar-refractivity contribution is 5.83. The molecule has 0 saturated carbocycles. The van der Waals surface area contributed by atoms with Crippen molar-refractivity contribution in [1.82, 2.24) is 9.55 Å². The number of rotatable bonds is 3. The molecule has 1 atom stereocenters. The molecule has 0 radical (unpaired) electrons. The van der Waals surface area contributed by atoms with Gasteiger partial charge in [-0.25, -0.2) is 9.78 Å². The predicted octanol–water partition coefficient (Wildman–Crippen LogP) is 1.80. The molecule has 1 unspecified atom stereocenters. The zero-order chi connectivity index (χ0) is 10.0.